The van der Waals surface area contributed by atoms with Gasteiger partial charge < -0.3 is 5.32 Å². The van der Waals surface area contributed by atoms with Gasteiger partial charge in [-0.1, -0.05) is 18.2 Å². The van der Waals surface area contributed by atoms with Gasteiger partial charge in [0.1, 0.15) is 0 Å². The second-order valence-electron chi connectivity index (χ2n) is 5.61. The molecule has 3 aromatic rings. The highest BCUT2D eigenvalue weighted by atomic mass is 32.2. The lowest BCUT2D eigenvalue weighted by Gasteiger charge is -2.08. The smallest absolute Gasteiger partial charge is 0.238 e. The number of rotatable bonds is 5. The van der Waals surface area contributed by atoms with Crippen LogP contribution in [0.1, 0.15) is 12.0 Å². The van der Waals surface area contributed by atoms with Crippen LogP contribution >= 0.6 is 0 Å². The minimum Gasteiger partial charge on any atom is -0.325 e. The van der Waals surface area contributed by atoms with Crippen molar-refractivity contribution >= 4 is 32.5 Å². The average Bonchev–Trinajstić information content (AvgIpc) is 2.60. The summed E-state index contributed by atoms with van der Waals surface area (Å²) in [6.45, 7) is 0. The first kappa shape index (κ1) is 17.1. The molecule has 0 radical (unpaired) electrons. The van der Waals surface area contributed by atoms with Crippen LogP contribution in [0.4, 0.5) is 5.69 Å². The number of carbonyl (C=O) groups excluding carboxylic acids is 1. The predicted octanol–water partition coefficient (Wildman–Crippen LogP) is 2.45. The third kappa shape index (κ3) is 4.20. The van der Waals surface area contributed by atoms with Gasteiger partial charge in [0.15, 0.2) is 0 Å². The van der Waals surface area contributed by atoms with E-state index in [1.54, 1.807) is 18.3 Å². The van der Waals surface area contributed by atoms with Gasteiger partial charge in [0.2, 0.25) is 15.9 Å². The number of hydrogen-bond acceptors (Lipinski definition) is 4. The Kier molecular flexibility index (Phi) is 4.78. The third-order valence-corrected chi connectivity index (χ3v) is 4.74. The van der Waals surface area contributed by atoms with Crippen molar-refractivity contribution in [3.05, 3.63) is 66.4 Å². The highest BCUT2D eigenvalue weighted by molar-refractivity contribution is 7.89. The quantitative estimate of drug-likeness (QED) is 0.734. The monoisotopic (exact) mass is 355 g/mol. The summed E-state index contributed by atoms with van der Waals surface area (Å²) < 4.78 is 22.5. The molecule has 0 saturated carbocycles. The first-order valence-corrected chi connectivity index (χ1v) is 9.23. The predicted molar refractivity (Wildman–Crippen MR) is 96.5 cm³/mol. The van der Waals surface area contributed by atoms with Gasteiger partial charge in [-0.3, -0.25) is 9.78 Å². The Labute approximate surface area is 145 Å². The molecule has 0 unspecified atom stereocenters. The minimum atomic E-state index is -3.70. The zero-order valence-electron chi connectivity index (χ0n) is 13.3. The number of sulfonamides is 1. The largest absolute Gasteiger partial charge is 0.325 e. The van der Waals surface area contributed by atoms with Crippen molar-refractivity contribution < 1.29 is 13.2 Å². The number of nitrogens with two attached hydrogens (primary N) is 1. The van der Waals surface area contributed by atoms with Crippen molar-refractivity contribution in [2.24, 2.45) is 5.14 Å². The molecule has 7 heteroatoms. The summed E-state index contributed by atoms with van der Waals surface area (Å²) in [5, 5.41) is 8.84. The summed E-state index contributed by atoms with van der Waals surface area (Å²) in [6, 6.07) is 15.5. The Morgan fingerprint density at radius 3 is 2.52 bits per heavy atom. The molecule has 2 aromatic carbocycles. The van der Waals surface area contributed by atoms with Crippen LogP contribution < -0.4 is 10.5 Å². The van der Waals surface area contributed by atoms with E-state index in [0.717, 1.165) is 22.2 Å². The van der Waals surface area contributed by atoms with Gasteiger partial charge in [-0.2, -0.15) is 0 Å². The number of nitrogens with one attached hydrogen (secondary N) is 1. The summed E-state index contributed by atoms with van der Waals surface area (Å²) in [7, 11) is -3.70. The first-order valence-electron chi connectivity index (χ1n) is 7.69. The number of amides is 1. The molecular weight excluding hydrogens is 338 g/mol. The van der Waals surface area contributed by atoms with E-state index < -0.39 is 10.0 Å². The molecule has 128 valence electrons. The summed E-state index contributed by atoms with van der Waals surface area (Å²) in [5.74, 6) is -0.119. The molecule has 1 aromatic heterocycles. The molecule has 0 aliphatic heterocycles. The first-order chi connectivity index (χ1) is 11.9. The lowest BCUT2D eigenvalue weighted by Crippen LogP contribution is -2.13. The average molecular weight is 355 g/mol. The number of carbonyl (C=O) groups is 1. The van der Waals surface area contributed by atoms with E-state index in [1.165, 1.54) is 12.1 Å². The number of aromatic nitrogens is 1. The SMILES string of the molecule is NS(=O)(=O)c1ccc(CCC(=O)Nc2cccc3ncccc23)cc1. The molecule has 0 aliphatic rings. The standard InChI is InChI=1S/C18H17N3O3S/c19-25(23,24)14-9-6-13(7-10-14)8-11-18(22)21-17-5-1-4-16-15(17)3-2-12-20-16/h1-7,9-10,12H,8,11H2,(H,21,22)(H2,19,23,24). The van der Waals surface area contributed by atoms with E-state index >= 15 is 0 Å². The fourth-order valence-corrected chi connectivity index (χ4v) is 3.04. The van der Waals surface area contributed by atoms with Gasteiger partial charge in [0, 0.05) is 18.0 Å². The fraction of sp³-hybridized carbons (Fsp3) is 0.111. The molecule has 0 saturated heterocycles. The Hall–Kier alpha value is -2.77. The summed E-state index contributed by atoms with van der Waals surface area (Å²) in [5.41, 5.74) is 2.40. The van der Waals surface area contributed by atoms with Crippen molar-refractivity contribution in [1.29, 1.82) is 0 Å². The van der Waals surface area contributed by atoms with Crippen molar-refractivity contribution in [3.63, 3.8) is 0 Å². The molecule has 0 spiro atoms. The Morgan fingerprint density at radius 2 is 1.80 bits per heavy atom. The van der Waals surface area contributed by atoms with Gasteiger partial charge in [0.05, 0.1) is 16.1 Å². The van der Waals surface area contributed by atoms with Crippen LogP contribution in [-0.2, 0) is 21.2 Å². The second kappa shape index (κ2) is 7.00. The Morgan fingerprint density at radius 1 is 1.04 bits per heavy atom. The van der Waals surface area contributed by atoms with Crippen LogP contribution in [0.5, 0.6) is 0 Å². The second-order valence-corrected chi connectivity index (χ2v) is 7.17. The maximum atomic E-state index is 12.2. The van der Waals surface area contributed by atoms with Crippen LogP contribution in [0.2, 0.25) is 0 Å². The summed E-state index contributed by atoms with van der Waals surface area (Å²) >= 11 is 0. The number of pyridine rings is 1. The maximum Gasteiger partial charge on any atom is 0.238 e. The molecule has 0 aliphatic carbocycles. The van der Waals surface area contributed by atoms with Gasteiger partial charge in [-0.15, -0.1) is 0 Å². The highest BCUT2D eigenvalue weighted by Crippen LogP contribution is 2.21. The van der Waals surface area contributed by atoms with E-state index in [2.05, 4.69) is 10.3 Å². The molecule has 0 bridgehead atoms. The normalized spacial score (nSPS) is 11.4. The minimum absolute atomic E-state index is 0.0592. The molecular formula is C18H17N3O3S. The Balaban J connectivity index is 1.65. The molecule has 6 nitrogen and oxygen atoms in total. The van der Waals surface area contributed by atoms with E-state index in [9.17, 15) is 13.2 Å². The maximum absolute atomic E-state index is 12.2. The zero-order chi connectivity index (χ0) is 17.9. The van der Waals surface area contributed by atoms with Crippen molar-refractivity contribution in [2.45, 2.75) is 17.7 Å². The number of benzene rings is 2. The number of hydrogen-bond donors (Lipinski definition) is 2. The molecule has 1 amide bonds. The van der Waals surface area contributed by atoms with Crippen molar-refractivity contribution in [1.82, 2.24) is 4.98 Å². The molecule has 3 N–H and O–H groups in total. The van der Waals surface area contributed by atoms with E-state index in [-0.39, 0.29) is 17.2 Å². The molecule has 25 heavy (non-hydrogen) atoms. The van der Waals surface area contributed by atoms with E-state index in [0.29, 0.717) is 6.42 Å². The molecule has 0 atom stereocenters. The zero-order valence-corrected chi connectivity index (χ0v) is 14.2. The van der Waals surface area contributed by atoms with Gasteiger partial charge in [0.25, 0.3) is 0 Å². The molecule has 3 rings (SSSR count). The molecule has 1 heterocycles. The van der Waals surface area contributed by atoms with Crippen LogP contribution in [0, 0.1) is 0 Å². The highest BCUT2D eigenvalue weighted by Gasteiger charge is 2.09. The van der Waals surface area contributed by atoms with Gasteiger partial charge in [-0.05, 0) is 48.4 Å². The summed E-state index contributed by atoms with van der Waals surface area (Å²) in [4.78, 5) is 16.5. The number of nitrogens with zero attached hydrogens (tertiary/aromatic N) is 1. The molecule has 0 fully saturated rings. The Bertz CT molecular complexity index is 1010. The van der Waals surface area contributed by atoms with E-state index in [1.807, 2.05) is 30.3 Å². The number of fused-ring (bicyclic) bond motifs is 1. The third-order valence-electron chi connectivity index (χ3n) is 3.81. The van der Waals surface area contributed by atoms with E-state index in [4.69, 9.17) is 5.14 Å². The van der Waals surface area contributed by atoms with Crippen molar-refractivity contribution in [3.8, 4) is 0 Å². The van der Waals surface area contributed by atoms with Gasteiger partial charge >= 0.3 is 0 Å². The van der Waals surface area contributed by atoms with Gasteiger partial charge in [-0.25, -0.2) is 13.6 Å². The number of anilines is 1. The number of primary sulfonamides is 1. The lowest BCUT2D eigenvalue weighted by atomic mass is 10.1. The van der Waals surface area contributed by atoms with Crippen LogP contribution in [0.15, 0.2) is 65.7 Å². The van der Waals surface area contributed by atoms with Crippen LogP contribution in [0.3, 0.4) is 0 Å². The van der Waals surface area contributed by atoms with Crippen LogP contribution in [-0.4, -0.2) is 19.3 Å². The topological polar surface area (TPSA) is 102 Å². The summed E-state index contributed by atoms with van der Waals surface area (Å²) in [6.07, 6.45) is 2.49. The fourth-order valence-electron chi connectivity index (χ4n) is 2.53. The number of aryl methyl sites for hydroxylation is 1. The van der Waals surface area contributed by atoms with Crippen LogP contribution in [0.25, 0.3) is 10.9 Å². The lowest BCUT2D eigenvalue weighted by molar-refractivity contribution is -0.116. The van der Waals surface area contributed by atoms with Crippen molar-refractivity contribution in [2.75, 3.05) is 5.32 Å².